The average molecular weight is 233 g/mol. The molecule has 0 saturated carbocycles. The minimum absolute atomic E-state index is 0.617. The topological polar surface area (TPSA) is 22.1 Å². The number of allylic oxidation sites excluding steroid dienone is 1. The molecule has 2 nitrogen and oxygen atoms in total. The van der Waals surface area contributed by atoms with Crippen LogP contribution in [0.25, 0.3) is 0 Å². The van der Waals surface area contributed by atoms with E-state index in [1.165, 1.54) is 32.1 Å². The summed E-state index contributed by atoms with van der Waals surface area (Å²) in [5.74, 6) is 0.695. The molecule has 94 valence electrons. The standard InChI is InChI=1S/C15H23NO/c1-2-3-4-5-6-7-8-11-14-17-15-12-9-10-13-16-15/h8-13H,2-7,14H2,1H3. The average Bonchev–Trinajstić information content (AvgIpc) is 2.38. The van der Waals surface area contributed by atoms with Crippen LogP contribution < -0.4 is 4.74 Å². The molecule has 0 fully saturated rings. The van der Waals surface area contributed by atoms with Gasteiger partial charge in [0.05, 0.1) is 0 Å². The summed E-state index contributed by atoms with van der Waals surface area (Å²) >= 11 is 0. The number of pyridine rings is 1. The zero-order valence-electron chi connectivity index (χ0n) is 10.8. The second-order valence-electron chi connectivity index (χ2n) is 4.15. The summed E-state index contributed by atoms with van der Waals surface area (Å²) in [5, 5.41) is 0. The van der Waals surface area contributed by atoms with Crippen LogP contribution >= 0.6 is 0 Å². The van der Waals surface area contributed by atoms with Crippen LogP contribution in [0.4, 0.5) is 0 Å². The molecule has 0 atom stereocenters. The molecule has 0 aliphatic heterocycles. The number of hydrogen-bond donors (Lipinski definition) is 0. The molecule has 1 aromatic rings. The summed E-state index contributed by atoms with van der Waals surface area (Å²) in [5.41, 5.74) is 0. The van der Waals surface area contributed by atoms with Gasteiger partial charge >= 0.3 is 0 Å². The van der Waals surface area contributed by atoms with Gasteiger partial charge in [-0.3, -0.25) is 0 Å². The smallest absolute Gasteiger partial charge is 0.213 e. The summed E-state index contributed by atoms with van der Waals surface area (Å²) < 4.78 is 5.45. The monoisotopic (exact) mass is 233 g/mol. The van der Waals surface area contributed by atoms with Crippen LogP contribution in [0, 0.1) is 0 Å². The highest BCUT2D eigenvalue weighted by Crippen LogP contribution is 2.06. The van der Waals surface area contributed by atoms with Crippen molar-refractivity contribution in [3.8, 4) is 5.88 Å². The summed E-state index contributed by atoms with van der Waals surface area (Å²) in [7, 11) is 0. The minimum atomic E-state index is 0.617. The van der Waals surface area contributed by atoms with E-state index in [0.29, 0.717) is 12.5 Å². The maximum Gasteiger partial charge on any atom is 0.213 e. The van der Waals surface area contributed by atoms with Crippen LogP contribution in [0.15, 0.2) is 36.5 Å². The maximum atomic E-state index is 5.45. The van der Waals surface area contributed by atoms with Crippen LogP contribution in [0.1, 0.15) is 45.4 Å². The van der Waals surface area contributed by atoms with Crippen LogP contribution in [0.5, 0.6) is 5.88 Å². The van der Waals surface area contributed by atoms with Gasteiger partial charge in [0, 0.05) is 12.3 Å². The Kier molecular flexibility index (Phi) is 8.00. The Morgan fingerprint density at radius 1 is 1.12 bits per heavy atom. The normalized spacial score (nSPS) is 10.9. The number of hydrogen-bond acceptors (Lipinski definition) is 2. The Balaban J connectivity index is 1.96. The predicted octanol–water partition coefficient (Wildman–Crippen LogP) is 4.38. The molecule has 0 bridgehead atoms. The highest BCUT2D eigenvalue weighted by molar-refractivity contribution is 5.09. The molecule has 0 saturated heterocycles. The second-order valence-corrected chi connectivity index (χ2v) is 4.15. The summed E-state index contributed by atoms with van der Waals surface area (Å²) in [6, 6.07) is 5.69. The van der Waals surface area contributed by atoms with Crippen molar-refractivity contribution in [1.82, 2.24) is 4.98 Å². The van der Waals surface area contributed by atoms with Crippen molar-refractivity contribution in [2.75, 3.05) is 6.61 Å². The van der Waals surface area contributed by atoms with Crippen LogP contribution in [0.2, 0.25) is 0 Å². The first-order valence-electron chi connectivity index (χ1n) is 6.62. The molecule has 0 aromatic carbocycles. The molecular weight excluding hydrogens is 210 g/mol. The quantitative estimate of drug-likeness (QED) is 0.466. The molecule has 0 aliphatic rings. The number of nitrogens with zero attached hydrogens (tertiary/aromatic N) is 1. The van der Waals surface area contributed by atoms with E-state index in [-0.39, 0.29) is 0 Å². The number of ether oxygens (including phenoxy) is 1. The van der Waals surface area contributed by atoms with Crippen molar-refractivity contribution in [2.24, 2.45) is 0 Å². The van der Waals surface area contributed by atoms with Gasteiger partial charge in [-0.05, 0) is 18.9 Å². The third-order valence-corrected chi connectivity index (χ3v) is 2.61. The van der Waals surface area contributed by atoms with Crippen LogP contribution in [0.3, 0.4) is 0 Å². The Morgan fingerprint density at radius 3 is 2.76 bits per heavy atom. The van der Waals surface area contributed by atoms with Crippen molar-refractivity contribution >= 4 is 0 Å². The number of aromatic nitrogens is 1. The van der Waals surface area contributed by atoms with Crippen molar-refractivity contribution in [1.29, 1.82) is 0 Å². The number of rotatable bonds is 9. The molecule has 1 heterocycles. The lowest BCUT2D eigenvalue weighted by Crippen LogP contribution is -1.94. The lowest BCUT2D eigenvalue weighted by atomic mass is 10.1. The first-order chi connectivity index (χ1) is 8.43. The van der Waals surface area contributed by atoms with E-state index in [0.717, 1.165) is 6.42 Å². The van der Waals surface area contributed by atoms with Crippen molar-refractivity contribution in [2.45, 2.75) is 45.4 Å². The van der Waals surface area contributed by atoms with E-state index in [1.54, 1.807) is 6.20 Å². The lowest BCUT2D eigenvalue weighted by molar-refractivity contribution is 0.348. The summed E-state index contributed by atoms with van der Waals surface area (Å²) in [6.45, 7) is 2.86. The van der Waals surface area contributed by atoms with Gasteiger partial charge in [-0.2, -0.15) is 0 Å². The summed E-state index contributed by atoms with van der Waals surface area (Å²) in [4.78, 5) is 4.09. The zero-order chi connectivity index (χ0) is 12.2. The molecular formula is C15H23NO. The molecule has 0 spiro atoms. The Labute approximate surface area is 105 Å². The predicted molar refractivity (Wildman–Crippen MR) is 72.2 cm³/mol. The molecule has 1 rings (SSSR count). The molecule has 0 aliphatic carbocycles. The highest BCUT2D eigenvalue weighted by atomic mass is 16.5. The van der Waals surface area contributed by atoms with Gasteiger partial charge < -0.3 is 4.74 Å². The van der Waals surface area contributed by atoms with Crippen molar-refractivity contribution in [3.63, 3.8) is 0 Å². The first-order valence-corrected chi connectivity index (χ1v) is 6.62. The SMILES string of the molecule is CCCCCCCC=CCOc1ccccn1. The molecule has 0 unspecified atom stereocenters. The van der Waals surface area contributed by atoms with Gasteiger partial charge in [-0.25, -0.2) is 4.98 Å². The molecule has 2 heteroatoms. The van der Waals surface area contributed by atoms with E-state index in [2.05, 4.69) is 24.1 Å². The zero-order valence-corrected chi connectivity index (χ0v) is 10.8. The third-order valence-electron chi connectivity index (χ3n) is 2.61. The van der Waals surface area contributed by atoms with Crippen LogP contribution in [-0.2, 0) is 0 Å². The lowest BCUT2D eigenvalue weighted by Gasteiger charge is -2.00. The Morgan fingerprint density at radius 2 is 2.00 bits per heavy atom. The highest BCUT2D eigenvalue weighted by Gasteiger charge is 1.89. The largest absolute Gasteiger partial charge is 0.473 e. The fraction of sp³-hybridized carbons (Fsp3) is 0.533. The van der Waals surface area contributed by atoms with E-state index in [4.69, 9.17) is 4.74 Å². The van der Waals surface area contributed by atoms with Crippen molar-refractivity contribution < 1.29 is 4.74 Å². The van der Waals surface area contributed by atoms with Crippen molar-refractivity contribution in [3.05, 3.63) is 36.5 Å². The van der Waals surface area contributed by atoms with Gasteiger partial charge in [-0.15, -0.1) is 0 Å². The molecule has 0 N–H and O–H groups in total. The summed E-state index contributed by atoms with van der Waals surface area (Å²) in [6.07, 6.45) is 13.9. The van der Waals surface area contributed by atoms with E-state index < -0.39 is 0 Å². The van der Waals surface area contributed by atoms with Gasteiger partial charge in [0.15, 0.2) is 0 Å². The van der Waals surface area contributed by atoms with Crippen LogP contribution in [-0.4, -0.2) is 11.6 Å². The third kappa shape index (κ3) is 7.56. The van der Waals surface area contributed by atoms with Gasteiger partial charge in [0.1, 0.15) is 6.61 Å². The maximum absolute atomic E-state index is 5.45. The molecule has 0 amide bonds. The molecule has 0 radical (unpaired) electrons. The first kappa shape index (κ1) is 13.8. The van der Waals surface area contributed by atoms with Gasteiger partial charge in [-0.1, -0.05) is 50.8 Å². The molecule has 17 heavy (non-hydrogen) atoms. The second kappa shape index (κ2) is 9.88. The fourth-order valence-electron chi connectivity index (χ4n) is 1.62. The van der Waals surface area contributed by atoms with Gasteiger partial charge in [0.2, 0.25) is 5.88 Å². The van der Waals surface area contributed by atoms with E-state index in [9.17, 15) is 0 Å². The Bertz CT molecular complexity index is 295. The van der Waals surface area contributed by atoms with E-state index in [1.807, 2.05) is 18.2 Å². The molecule has 1 aromatic heterocycles. The fourth-order valence-corrected chi connectivity index (χ4v) is 1.62. The minimum Gasteiger partial charge on any atom is -0.473 e. The Hall–Kier alpha value is -1.31. The van der Waals surface area contributed by atoms with E-state index >= 15 is 0 Å². The van der Waals surface area contributed by atoms with Gasteiger partial charge in [0.25, 0.3) is 0 Å². The number of unbranched alkanes of at least 4 members (excludes halogenated alkanes) is 5.